The number of thioether (sulfide) groups is 1. The Balaban J connectivity index is 2.00. The molecule has 0 aromatic heterocycles. The number of ketones is 1. The zero-order valence-corrected chi connectivity index (χ0v) is 11.1. The van der Waals surface area contributed by atoms with E-state index in [0.29, 0.717) is 10.5 Å². The molecule has 0 bridgehead atoms. The highest BCUT2D eigenvalue weighted by molar-refractivity contribution is 8.04. The number of aryl methyl sites for hydroxylation is 1. The topological polar surface area (TPSA) is 17.1 Å². The van der Waals surface area contributed by atoms with E-state index in [1.54, 1.807) is 18.2 Å². The molecule has 0 saturated heterocycles. The second-order valence-corrected chi connectivity index (χ2v) is 5.58. The largest absolute Gasteiger partial charge is 0.288 e. The lowest BCUT2D eigenvalue weighted by atomic mass is 10.1. The molecule has 0 atom stereocenters. The van der Waals surface area contributed by atoms with Crippen molar-refractivity contribution in [2.24, 2.45) is 0 Å². The van der Waals surface area contributed by atoms with Crippen LogP contribution in [-0.2, 0) is 0 Å². The molecule has 2 aromatic carbocycles. The standard InChI is InChI=1S/C16H11FOS/c1-10-5-6-14-13(7-10)16(18)15(19-14)9-11-3-2-4-12(17)8-11/h2-9H,1H3/b15-9-. The number of carbonyl (C=O) groups is 1. The maximum atomic E-state index is 13.1. The van der Waals surface area contributed by atoms with E-state index in [4.69, 9.17) is 0 Å². The van der Waals surface area contributed by atoms with Crippen LogP contribution in [0.2, 0.25) is 0 Å². The highest BCUT2D eigenvalue weighted by Crippen LogP contribution is 2.41. The van der Waals surface area contributed by atoms with Crippen LogP contribution in [0.3, 0.4) is 0 Å². The van der Waals surface area contributed by atoms with Crippen molar-refractivity contribution in [1.82, 2.24) is 0 Å². The predicted octanol–water partition coefficient (Wildman–Crippen LogP) is 4.46. The summed E-state index contributed by atoms with van der Waals surface area (Å²) in [6, 6.07) is 12.1. The highest BCUT2D eigenvalue weighted by atomic mass is 32.2. The van der Waals surface area contributed by atoms with Crippen molar-refractivity contribution in [3.8, 4) is 0 Å². The Morgan fingerprint density at radius 1 is 1.16 bits per heavy atom. The Kier molecular flexibility index (Phi) is 2.99. The van der Waals surface area contributed by atoms with Crippen LogP contribution in [0.15, 0.2) is 52.3 Å². The first kappa shape index (κ1) is 12.2. The summed E-state index contributed by atoms with van der Waals surface area (Å²) >= 11 is 1.44. The van der Waals surface area contributed by atoms with Crippen LogP contribution in [0.25, 0.3) is 6.08 Å². The lowest BCUT2D eigenvalue weighted by Gasteiger charge is -1.96. The Morgan fingerprint density at radius 3 is 2.79 bits per heavy atom. The zero-order chi connectivity index (χ0) is 13.4. The van der Waals surface area contributed by atoms with Gasteiger partial charge in [-0.3, -0.25) is 4.79 Å². The van der Waals surface area contributed by atoms with Gasteiger partial charge < -0.3 is 0 Å². The first-order chi connectivity index (χ1) is 9.13. The zero-order valence-electron chi connectivity index (χ0n) is 10.3. The van der Waals surface area contributed by atoms with Gasteiger partial charge in [-0.25, -0.2) is 4.39 Å². The summed E-state index contributed by atoms with van der Waals surface area (Å²) in [6.45, 7) is 1.96. The second-order valence-electron chi connectivity index (χ2n) is 4.49. The normalized spacial score (nSPS) is 15.9. The van der Waals surface area contributed by atoms with Crippen molar-refractivity contribution < 1.29 is 9.18 Å². The summed E-state index contributed by atoms with van der Waals surface area (Å²) in [7, 11) is 0. The summed E-state index contributed by atoms with van der Waals surface area (Å²) in [6.07, 6.45) is 1.74. The van der Waals surface area contributed by atoms with Crippen LogP contribution in [0, 0.1) is 12.7 Å². The van der Waals surface area contributed by atoms with Crippen LogP contribution in [0.4, 0.5) is 4.39 Å². The molecule has 1 aliphatic heterocycles. The van der Waals surface area contributed by atoms with Crippen molar-refractivity contribution in [1.29, 1.82) is 0 Å². The molecule has 19 heavy (non-hydrogen) atoms. The van der Waals surface area contributed by atoms with Crippen molar-refractivity contribution >= 4 is 23.6 Å². The Labute approximate surface area is 115 Å². The molecule has 1 nitrogen and oxygen atoms in total. The Morgan fingerprint density at radius 2 is 2.00 bits per heavy atom. The van der Waals surface area contributed by atoms with Crippen molar-refractivity contribution in [3.05, 3.63) is 69.9 Å². The van der Waals surface area contributed by atoms with E-state index in [9.17, 15) is 9.18 Å². The molecular weight excluding hydrogens is 259 g/mol. The van der Waals surface area contributed by atoms with Gasteiger partial charge in [0.05, 0.1) is 4.91 Å². The molecule has 3 rings (SSSR count). The maximum Gasteiger partial charge on any atom is 0.200 e. The van der Waals surface area contributed by atoms with Gasteiger partial charge in [-0.1, -0.05) is 35.5 Å². The molecule has 0 N–H and O–H groups in total. The molecule has 0 saturated carbocycles. The number of rotatable bonds is 1. The van der Waals surface area contributed by atoms with E-state index >= 15 is 0 Å². The average Bonchev–Trinajstić information content (AvgIpc) is 2.67. The fraction of sp³-hybridized carbons (Fsp3) is 0.0625. The number of Topliss-reactive ketones (excluding diaryl/α,β-unsaturated/α-hetero) is 1. The highest BCUT2D eigenvalue weighted by Gasteiger charge is 2.25. The summed E-state index contributed by atoms with van der Waals surface area (Å²) in [5, 5.41) is 0. The molecule has 1 aliphatic rings. The summed E-state index contributed by atoms with van der Waals surface area (Å²) < 4.78 is 13.1. The van der Waals surface area contributed by atoms with Crippen molar-refractivity contribution in [3.63, 3.8) is 0 Å². The van der Waals surface area contributed by atoms with Gasteiger partial charge in [0.25, 0.3) is 0 Å². The van der Waals surface area contributed by atoms with E-state index in [2.05, 4.69) is 0 Å². The summed E-state index contributed by atoms with van der Waals surface area (Å²) in [5.74, 6) is -0.272. The Bertz CT molecular complexity index is 704. The number of hydrogen-bond donors (Lipinski definition) is 0. The quantitative estimate of drug-likeness (QED) is 0.711. The molecule has 2 aromatic rings. The van der Waals surface area contributed by atoms with E-state index < -0.39 is 0 Å². The first-order valence-corrected chi connectivity index (χ1v) is 6.75. The van der Waals surface area contributed by atoms with Crippen molar-refractivity contribution in [2.45, 2.75) is 11.8 Å². The van der Waals surface area contributed by atoms with Crippen LogP contribution in [-0.4, -0.2) is 5.78 Å². The minimum atomic E-state index is -0.293. The Hall–Kier alpha value is -1.87. The maximum absolute atomic E-state index is 13.1. The molecule has 0 radical (unpaired) electrons. The molecule has 0 aliphatic carbocycles. The third-order valence-electron chi connectivity index (χ3n) is 2.97. The van der Waals surface area contributed by atoms with Gasteiger partial charge >= 0.3 is 0 Å². The number of hydrogen-bond acceptors (Lipinski definition) is 2. The molecule has 3 heteroatoms. The monoisotopic (exact) mass is 270 g/mol. The fourth-order valence-electron chi connectivity index (χ4n) is 2.05. The first-order valence-electron chi connectivity index (χ1n) is 5.94. The fourth-order valence-corrected chi connectivity index (χ4v) is 3.08. The van der Waals surface area contributed by atoms with Gasteiger partial charge in [0.2, 0.25) is 5.78 Å². The third-order valence-corrected chi connectivity index (χ3v) is 4.07. The second kappa shape index (κ2) is 4.67. The van der Waals surface area contributed by atoms with Crippen LogP contribution < -0.4 is 0 Å². The van der Waals surface area contributed by atoms with Gasteiger partial charge in [0.15, 0.2) is 0 Å². The predicted molar refractivity (Wildman–Crippen MR) is 75.7 cm³/mol. The SMILES string of the molecule is Cc1ccc2c(c1)C(=O)/C(=C/c1cccc(F)c1)S2. The number of allylic oxidation sites excluding steroid dienone is 1. The molecule has 1 heterocycles. The van der Waals surface area contributed by atoms with Gasteiger partial charge in [-0.15, -0.1) is 0 Å². The van der Waals surface area contributed by atoms with Gasteiger partial charge in [0, 0.05) is 10.5 Å². The molecule has 94 valence electrons. The number of halogens is 1. The third kappa shape index (κ3) is 2.34. The minimum Gasteiger partial charge on any atom is -0.288 e. The molecule has 0 spiro atoms. The molecule has 0 unspecified atom stereocenters. The number of benzene rings is 2. The molecule has 0 amide bonds. The van der Waals surface area contributed by atoms with E-state index in [-0.39, 0.29) is 11.6 Å². The van der Waals surface area contributed by atoms with E-state index in [1.165, 1.54) is 23.9 Å². The van der Waals surface area contributed by atoms with Gasteiger partial charge in [-0.2, -0.15) is 0 Å². The lowest BCUT2D eigenvalue weighted by Crippen LogP contribution is -1.94. The number of fused-ring (bicyclic) bond motifs is 1. The van der Waals surface area contributed by atoms with Gasteiger partial charge in [0.1, 0.15) is 5.82 Å². The van der Waals surface area contributed by atoms with Crippen LogP contribution >= 0.6 is 11.8 Å². The van der Waals surface area contributed by atoms with Crippen LogP contribution in [0.5, 0.6) is 0 Å². The minimum absolute atomic E-state index is 0.0213. The van der Waals surface area contributed by atoms with E-state index in [1.807, 2.05) is 25.1 Å². The number of carbonyl (C=O) groups excluding carboxylic acids is 1. The molecular formula is C16H11FOS. The van der Waals surface area contributed by atoms with E-state index in [0.717, 1.165) is 16.0 Å². The van der Waals surface area contributed by atoms with Crippen molar-refractivity contribution in [2.75, 3.05) is 0 Å². The summed E-state index contributed by atoms with van der Waals surface area (Å²) in [5.41, 5.74) is 2.52. The van der Waals surface area contributed by atoms with Gasteiger partial charge in [-0.05, 0) is 42.8 Å². The van der Waals surface area contributed by atoms with Crippen LogP contribution in [0.1, 0.15) is 21.5 Å². The molecule has 0 fully saturated rings. The summed E-state index contributed by atoms with van der Waals surface area (Å²) in [4.78, 5) is 13.9. The smallest absolute Gasteiger partial charge is 0.200 e. The average molecular weight is 270 g/mol. The lowest BCUT2D eigenvalue weighted by molar-refractivity contribution is 0.104.